The SMILES string of the molecule is CC(=O)OC1O[C@H](CF)[C@H](CC(=O)O)[C@H](OC(C)=O)[C@H]1OC(C)=O. The molecule has 24 heavy (non-hydrogen) atoms. The molecule has 0 amide bonds. The third-order valence-corrected chi connectivity index (χ3v) is 3.25. The molecule has 1 rings (SSSR count). The summed E-state index contributed by atoms with van der Waals surface area (Å²) in [5, 5.41) is 9.00. The maximum Gasteiger partial charge on any atom is 0.305 e. The summed E-state index contributed by atoms with van der Waals surface area (Å²) < 4.78 is 33.4. The lowest BCUT2D eigenvalue weighted by atomic mass is 9.86. The average molecular weight is 350 g/mol. The molecule has 1 unspecified atom stereocenters. The standard InChI is InChI=1S/C14H19FO9/c1-6(16)21-12-9(4-11(19)20)10(5-15)24-14(23-8(3)18)13(12)22-7(2)17/h9-10,12-14H,4-5H2,1-3H3,(H,19,20)/t9-,10+,12-,13+,14?/m0/s1. The highest BCUT2D eigenvalue weighted by atomic mass is 19.1. The van der Waals surface area contributed by atoms with E-state index in [0.29, 0.717) is 0 Å². The van der Waals surface area contributed by atoms with Crippen molar-refractivity contribution in [3.05, 3.63) is 0 Å². The van der Waals surface area contributed by atoms with Crippen LogP contribution >= 0.6 is 0 Å². The largest absolute Gasteiger partial charge is 0.481 e. The number of esters is 3. The van der Waals surface area contributed by atoms with Gasteiger partial charge in [0.25, 0.3) is 0 Å². The van der Waals surface area contributed by atoms with Crippen molar-refractivity contribution in [1.82, 2.24) is 0 Å². The molecule has 0 aromatic rings. The third kappa shape index (κ3) is 5.44. The highest BCUT2D eigenvalue weighted by Gasteiger charge is 2.51. The lowest BCUT2D eigenvalue weighted by Crippen LogP contribution is -2.59. The Hall–Kier alpha value is -2.23. The number of ether oxygens (including phenoxy) is 4. The first-order valence-electron chi connectivity index (χ1n) is 7.10. The first-order valence-corrected chi connectivity index (χ1v) is 7.10. The first kappa shape index (κ1) is 19.8. The Balaban J connectivity index is 3.23. The van der Waals surface area contributed by atoms with Crippen molar-refractivity contribution in [1.29, 1.82) is 0 Å². The van der Waals surface area contributed by atoms with E-state index in [9.17, 15) is 23.6 Å². The van der Waals surface area contributed by atoms with Crippen LogP contribution in [0.3, 0.4) is 0 Å². The zero-order valence-electron chi connectivity index (χ0n) is 13.4. The molecule has 1 aliphatic rings. The minimum Gasteiger partial charge on any atom is -0.481 e. The Kier molecular flexibility index (Phi) is 7.08. The highest BCUT2D eigenvalue weighted by Crippen LogP contribution is 2.34. The second-order valence-electron chi connectivity index (χ2n) is 5.22. The van der Waals surface area contributed by atoms with Crippen molar-refractivity contribution in [2.75, 3.05) is 6.67 Å². The van der Waals surface area contributed by atoms with Crippen LogP contribution in [0.2, 0.25) is 0 Å². The molecule has 0 radical (unpaired) electrons. The Morgan fingerprint density at radius 2 is 1.46 bits per heavy atom. The maximum atomic E-state index is 13.3. The van der Waals surface area contributed by atoms with E-state index in [1.165, 1.54) is 0 Å². The van der Waals surface area contributed by atoms with Gasteiger partial charge in [0.15, 0.2) is 6.10 Å². The zero-order chi connectivity index (χ0) is 18.4. The fourth-order valence-electron chi connectivity index (χ4n) is 2.48. The molecule has 1 N–H and O–H groups in total. The van der Waals surface area contributed by atoms with Gasteiger partial charge in [0.2, 0.25) is 12.4 Å². The number of carboxylic acids is 1. The lowest BCUT2D eigenvalue weighted by Gasteiger charge is -2.43. The predicted molar refractivity (Wildman–Crippen MR) is 73.3 cm³/mol. The fraction of sp³-hybridized carbons (Fsp3) is 0.714. The Labute approximate surface area is 137 Å². The van der Waals surface area contributed by atoms with Crippen LogP contribution in [0.1, 0.15) is 27.2 Å². The fourth-order valence-corrected chi connectivity index (χ4v) is 2.48. The smallest absolute Gasteiger partial charge is 0.305 e. The van der Waals surface area contributed by atoms with Gasteiger partial charge in [-0.1, -0.05) is 0 Å². The molecule has 0 bridgehead atoms. The first-order chi connectivity index (χ1) is 11.1. The van der Waals surface area contributed by atoms with Gasteiger partial charge in [0, 0.05) is 26.7 Å². The van der Waals surface area contributed by atoms with Crippen LogP contribution in [-0.2, 0) is 38.1 Å². The summed E-state index contributed by atoms with van der Waals surface area (Å²) in [4.78, 5) is 44.9. The summed E-state index contributed by atoms with van der Waals surface area (Å²) in [6.07, 6.45) is -6.20. The van der Waals surface area contributed by atoms with Gasteiger partial charge < -0.3 is 24.1 Å². The van der Waals surface area contributed by atoms with E-state index in [0.717, 1.165) is 20.8 Å². The second kappa shape index (κ2) is 8.57. The van der Waals surface area contributed by atoms with Crippen molar-refractivity contribution in [3.63, 3.8) is 0 Å². The molecule has 0 aromatic carbocycles. The van der Waals surface area contributed by atoms with E-state index in [1.807, 2.05) is 0 Å². The second-order valence-corrected chi connectivity index (χ2v) is 5.22. The monoisotopic (exact) mass is 350 g/mol. The normalized spacial score (nSPS) is 29.4. The number of halogens is 1. The molecule has 1 fully saturated rings. The molecule has 1 aliphatic heterocycles. The Morgan fingerprint density at radius 1 is 0.958 bits per heavy atom. The quantitative estimate of drug-likeness (QED) is 0.528. The summed E-state index contributed by atoms with van der Waals surface area (Å²) in [5.74, 6) is -4.81. The van der Waals surface area contributed by atoms with Crippen molar-refractivity contribution < 1.29 is 47.6 Å². The molecule has 0 aromatic heterocycles. The van der Waals surface area contributed by atoms with Gasteiger partial charge in [-0.05, 0) is 0 Å². The van der Waals surface area contributed by atoms with Crippen LogP contribution in [0.5, 0.6) is 0 Å². The molecule has 1 heterocycles. The van der Waals surface area contributed by atoms with Gasteiger partial charge >= 0.3 is 23.9 Å². The van der Waals surface area contributed by atoms with Crippen molar-refractivity contribution in [2.24, 2.45) is 5.92 Å². The van der Waals surface area contributed by atoms with Gasteiger partial charge in [-0.3, -0.25) is 19.2 Å². The molecule has 10 heteroatoms. The molecule has 9 nitrogen and oxygen atoms in total. The third-order valence-electron chi connectivity index (χ3n) is 3.25. The molecule has 0 aliphatic carbocycles. The number of carbonyl (C=O) groups is 4. The molecule has 1 saturated heterocycles. The number of alkyl halides is 1. The van der Waals surface area contributed by atoms with Crippen molar-refractivity contribution >= 4 is 23.9 Å². The zero-order valence-corrected chi connectivity index (χ0v) is 13.4. The summed E-state index contributed by atoms with van der Waals surface area (Å²) >= 11 is 0. The topological polar surface area (TPSA) is 125 Å². The molecule has 5 atom stereocenters. The van der Waals surface area contributed by atoms with E-state index in [1.54, 1.807) is 0 Å². The average Bonchev–Trinajstić information content (AvgIpc) is 2.42. The van der Waals surface area contributed by atoms with Crippen LogP contribution in [-0.4, -0.2) is 60.3 Å². The number of aliphatic carboxylic acids is 1. The predicted octanol–water partition coefficient (Wildman–Crippen LogP) is 0.198. The number of hydrogen-bond donors (Lipinski definition) is 1. The molecular weight excluding hydrogens is 331 g/mol. The summed E-state index contributed by atoms with van der Waals surface area (Å²) in [6, 6.07) is 0. The summed E-state index contributed by atoms with van der Waals surface area (Å²) in [5.41, 5.74) is 0. The van der Waals surface area contributed by atoms with E-state index in [-0.39, 0.29) is 0 Å². The summed E-state index contributed by atoms with van der Waals surface area (Å²) in [6.45, 7) is 2.07. The van der Waals surface area contributed by atoms with Crippen LogP contribution in [0.25, 0.3) is 0 Å². The van der Waals surface area contributed by atoms with Gasteiger partial charge in [0.1, 0.15) is 6.67 Å². The van der Waals surface area contributed by atoms with Crippen LogP contribution in [0, 0.1) is 5.92 Å². The minimum absolute atomic E-state index is 0.600. The number of carboxylic acid groups (broad SMARTS) is 1. The van der Waals surface area contributed by atoms with Crippen LogP contribution in [0.15, 0.2) is 0 Å². The highest BCUT2D eigenvalue weighted by molar-refractivity contribution is 5.69. The van der Waals surface area contributed by atoms with Crippen molar-refractivity contribution in [3.8, 4) is 0 Å². The number of hydrogen-bond acceptors (Lipinski definition) is 8. The van der Waals surface area contributed by atoms with Gasteiger partial charge in [-0.2, -0.15) is 0 Å². The van der Waals surface area contributed by atoms with Gasteiger partial charge in [-0.15, -0.1) is 0 Å². The van der Waals surface area contributed by atoms with E-state index >= 15 is 0 Å². The number of carbonyl (C=O) groups excluding carboxylic acids is 3. The Bertz CT molecular complexity index is 506. The molecule has 136 valence electrons. The van der Waals surface area contributed by atoms with E-state index in [2.05, 4.69) is 0 Å². The van der Waals surface area contributed by atoms with Crippen LogP contribution in [0.4, 0.5) is 4.39 Å². The maximum absolute atomic E-state index is 13.3. The number of rotatable bonds is 6. The summed E-state index contributed by atoms with van der Waals surface area (Å²) in [7, 11) is 0. The van der Waals surface area contributed by atoms with Crippen LogP contribution < -0.4 is 0 Å². The molecule has 0 spiro atoms. The lowest BCUT2D eigenvalue weighted by molar-refractivity contribution is -0.285. The molecule has 0 saturated carbocycles. The van der Waals surface area contributed by atoms with E-state index < -0.39 is 67.5 Å². The molecular formula is C14H19FO9. The van der Waals surface area contributed by atoms with Crippen molar-refractivity contribution in [2.45, 2.75) is 51.8 Å². The van der Waals surface area contributed by atoms with Gasteiger partial charge in [0.05, 0.1) is 12.5 Å². The van der Waals surface area contributed by atoms with E-state index in [4.69, 9.17) is 24.1 Å². The Morgan fingerprint density at radius 3 is 1.88 bits per heavy atom. The minimum atomic E-state index is -1.53. The van der Waals surface area contributed by atoms with Gasteiger partial charge in [-0.25, -0.2) is 4.39 Å².